The van der Waals surface area contributed by atoms with Crippen LogP contribution in [0.3, 0.4) is 0 Å². The van der Waals surface area contributed by atoms with Crippen molar-refractivity contribution in [3.63, 3.8) is 0 Å². The number of aromatic nitrogens is 5. The highest BCUT2D eigenvalue weighted by Gasteiger charge is 2.28. The van der Waals surface area contributed by atoms with Crippen LogP contribution >= 0.6 is 0 Å². The number of carbonyl (C=O) groups is 1. The minimum absolute atomic E-state index is 0.00148. The number of rotatable bonds is 4. The predicted octanol–water partition coefficient (Wildman–Crippen LogP) is 2.92. The van der Waals surface area contributed by atoms with Crippen LogP contribution in [-0.4, -0.2) is 31.1 Å². The molecule has 1 aromatic carbocycles. The maximum absolute atomic E-state index is 12.9. The Bertz CT molecular complexity index is 986. The molecular weight excluding hydrogens is 340 g/mol. The Morgan fingerprint density at radius 1 is 1.33 bits per heavy atom. The average molecular weight is 366 g/mol. The fourth-order valence-electron chi connectivity index (χ4n) is 4.12. The van der Waals surface area contributed by atoms with E-state index in [-0.39, 0.29) is 11.8 Å². The molecule has 7 nitrogen and oxygen atoms in total. The van der Waals surface area contributed by atoms with Gasteiger partial charge in [0.05, 0.1) is 11.4 Å². The quantitative estimate of drug-likeness (QED) is 0.743. The highest BCUT2D eigenvalue weighted by atomic mass is 16.1. The van der Waals surface area contributed by atoms with E-state index in [2.05, 4.69) is 58.7 Å². The van der Waals surface area contributed by atoms with Gasteiger partial charge in [0.2, 0.25) is 5.91 Å². The van der Waals surface area contributed by atoms with E-state index in [0.29, 0.717) is 12.4 Å². The number of hydrogen-bond donors (Lipinski definition) is 2. The Labute approximate surface area is 158 Å². The molecule has 27 heavy (non-hydrogen) atoms. The van der Waals surface area contributed by atoms with Crippen LogP contribution < -0.4 is 5.32 Å². The Morgan fingerprint density at radius 3 is 3.00 bits per heavy atom. The van der Waals surface area contributed by atoms with Crippen molar-refractivity contribution in [2.45, 2.75) is 65.5 Å². The van der Waals surface area contributed by atoms with E-state index in [0.717, 1.165) is 43.3 Å². The lowest BCUT2D eigenvalue weighted by atomic mass is 10.0. The molecule has 0 spiro atoms. The number of aryl methyl sites for hydroxylation is 4. The molecule has 1 aliphatic heterocycles. The zero-order valence-electron chi connectivity index (χ0n) is 16.2. The molecule has 0 aliphatic carbocycles. The number of nitrogens with one attached hydrogen (secondary N) is 2. The molecule has 4 rings (SSSR count). The van der Waals surface area contributed by atoms with Gasteiger partial charge in [0.15, 0.2) is 5.82 Å². The van der Waals surface area contributed by atoms with E-state index in [4.69, 9.17) is 0 Å². The number of hydrogen-bond acceptors (Lipinski definition) is 4. The number of tetrazole rings is 1. The molecule has 0 fully saturated rings. The van der Waals surface area contributed by atoms with Crippen LogP contribution in [0.25, 0.3) is 10.9 Å². The summed E-state index contributed by atoms with van der Waals surface area (Å²) in [6.45, 7) is 7.69. The Balaban J connectivity index is 1.58. The number of nitrogens with zero attached hydrogens (tertiary/aromatic N) is 4. The summed E-state index contributed by atoms with van der Waals surface area (Å²) in [5, 5.41) is 16.2. The monoisotopic (exact) mass is 366 g/mol. The van der Waals surface area contributed by atoms with Crippen molar-refractivity contribution in [1.29, 1.82) is 0 Å². The second-order valence-electron chi connectivity index (χ2n) is 7.46. The fourth-order valence-corrected chi connectivity index (χ4v) is 4.12. The van der Waals surface area contributed by atoms with E-state index >= 15 is 0 Å². The van der Waals surface area contributed by atoms with Gasteiger partial charge >= 0.3 is 0 Å². The predicted molar refractivity (Wildman–Crippen MR) is 103 cm³/mol. The van der Waals surface area contributed by atoms with Gasteiger partial charge in [-0.2, -0.15) is 0 Å². The summed E-state index contributed by atoms with van der Waals surface area (Å²) in [5.41, 5.74) is 6.00. The molecule has 0 radical (unpaired) electrons. The van der Waals surface area contributed by atoms with Crippen molar-refractivity contribution < 1.29 is 4.79 Å². The van der Waals surface area contributed by atoms with Gasteiger partial charge in [0.25, 0.3) is 0 Å². The zero-order chi connectivity index (χ0) is 19.0. The third-order valence-corrected chi connectivity index (χ3v) is 5.60. The third-order valence-electron chi connectivity index (χ3n) is 5.60. The summed E-state index contributed by atoms with van der Waals surface area (Å²) >= 11 is 0. The molecule has 2 aromatic heterocycles. The molecule has 2 N–H and O–H groups in total. The van der Waals surface area contributed by atoms with E-state index < -0.39 is 0 Å². The molecule has 0 saturated carbocycles. The first kappa shape index (κ1) is 17.7. The molecule has 1 aliphatic rings. The first-order valence-electron chi connectivity index (χ1n) is 9.73. The summed E-state index contributed by atoms with van der Waals surface area (Å²) in [5.74, 6) is 0.407. The molecule has 3 heterocycles. The first-order chi connectivity index (χ1) is 13.1. The maximum Gasteiger partial charge on any atom is 0.231 e. The highest BCUT2D eigenvalue weighted by molar-refractivity contribution is 5.89. The first-order valence-corrected chi connectivity index (χ1v) is 9.73. The van der Waals surface area contributed by atoms with Gasteiger partial charge in [-0.05, 0) is 60.7 Å². The van der Waals surface area contributed by atoms with Crippen molar-refractivity contribution in [3.8, 4) is 0 Å². The smallest absolute Gasteiger partial charge is 0.231 e. The van der Waals surface area contributed by atoms with E-state index in [1.807, 2.05) is 0 Å². The Hall–Kier alpha value is -2.70. The minimum Gasteiger partial charge on any atom is -0.358 e. The number of benzene rings is 1. The van der Waals surface area contributed by atoms with Crippen LogP contribution in [-0.2, 0) is 24.3 Å². The number of amides is 1. The summed E-state index contributed by atoms with van der Waals surface area (Å²) < 4.78 is 1.77. The molecule has 0 bridgehead atoms. The van der Waals surface area contributed by atoms with E-state index in [1.165, 1.54) is 22.2 Å². The average Bonchev–Trinajstić information content (AvgIpc) is 3.18. The summed E-state index contributed by atoms with van der Waals surface area (Å²) in [7, 11) is 0. The van der Waals surface area contributed by atoms with Gasteiger partial charge in [0, 0.05) is 24.2 Å². The van der Waals surface area contributed by atoms with E-state index in [9.17, 15) is 4.79 Å². The lowest BCUT2D eigenvalue weighted by molar-refractivity contribution is -0.123. The zero-order valence-corrected chi connectivity index (χ0v) is 16.2. The van der Waals surface area contributed by atoms with Gasteiger partial charge in [-0.25, -0.2) is 4.68 Å². The van der Waals surface area contributed by atoms with Crippen molar-refractivity contribution in [3.05, 3.63) is 40.3 Å². The Kier molecular flexibility index (Phi) is 4.68. The van der Waals surface area contributed by atoms with Crippen molar-refractivity contribution >= 4 is 16.8 Å². The minimum atomic E-state index is -0.278. The van der Waals surface area contributed by atoms with Gasteiger partial charge < -0.3 is 10.3 Å². The molecule has 0 saturated heterocycles. The topological polar surface area (TPSA) is 88.5 Å². The normalized spacial score (nSPS) is 16.9. The number of H-pyrrole nitrogens is 1. The summed E-state index contributed by atoms with van der Waals surface area (Å²) in [6.07, 6.45) is 3.75. The second kappa shape index (κ2) is 7.13. The molecule has 7 heteroatoms. The summed E-state index contributed by atoms with van der Waals surface area (Å²) in [6, 6.07) is 4.36. The SMILES string of the molecule is CCc1[nH]c2c(CNC(=O)[C@@H]3CCCCn4nnnc43)cc(C)cc2c1C. The number of aromatic amines is 1. The van der Waals surface area contributed by atoms with Crippen LogP contribution in [0.5, 0.6) is 0 Å². The van der Waals surface area contributed by atoms with Gasteiger partial charge in [-0.1, -0.05) is 25.0 Å². The van der Waals surface area contributed by atoms with Crippen LogP contribution in [0.2, 0.25) is 0 Å². The third kappa shape index (κ3) is 3.22. The standard InChI is InChI=1S/C20H26N6O/c1-4-17-13(3)16-10-12(2)9-14(18(16)22-17)11-21-20(27)15-7-5-6-8-26-19(15)23-24-25-26/h9-10,15,22H,4-8,11H2,1-3H3,(H,21,27)/t15-/m1/s1. The van der Waals surface area contributed by atoms with Crippen LogP contribution in [0.15, 0.2) is 12.1 Å². The van der Waals surface area contributed by atoms with E-state index in [1.54, 1.807) is 4.68 Å². The molecule has 1 amide bonds. The number of fused-ring (bicyclic) bond motifs is 2. The fraction of sp³-hybridized carbons (Fsp3) is 0.500. The lowest BCUT2D eigenvalue weighted by Gasteiger charge is -2.14. The highest BCUT2D eigenvalue weighted by Crippen LogP contribution is 2.28. The maximum atomic E-state index is 12.9. The van der Waals surface area contributed by atoms with Crippen molar-refractivity contribution in [1.82, 2.24) is 30.5 Å². The largest absolute Gasteiger partial charge is 0.358 e. The molecule has 3 aromatic rings. The number of carbonyl (C=O) groups excluding carboxylic acids is 1. The van der Waals surface area contributed by atoms with Gasteiger partial charge in [-0.15, -0.1) is 5.10 Å². The second-order valence-corrected chi connectivity index (χ2v) is 7.46. The molecule has 142 valence electrons. The molecular formula is C20H26N6O. The van der Waals surface area contributed by atoms with Crippen molar-refractivity contribution in [2.75, 3.05) is 0 Å². The lowest BCUT2D eigenvalue weighted by Crippen LogP contribution is -2.30. The van der Waals surface area contributed by atoms with Gasteiger partial charge in [-0.3, -0.25) is 4.79 Å². The Morgan fingerprint density at radius 2 is 2.19 bits per heavy atom. The van der Waals surface area contributed by atoms with Crippen LogP contribution in [0.1, 0.15) is 60.3 Å². The summed E-state index contributed by atoms with van der Waals surface area (Å²) in [4.78, 5) is 16.5. The van der Waals surface area contributed by atoms with Gasteiger partial charge in [0.1, 0.15) is 0 Å². The molecule has 0 unspecified atom stereocenters. The van der Waals surface area contributed by atoms with Crippen LogP contribution in [0, 0.1) is 13.8 Å². The molecule has 1 atom stereocenters. The van der Waals surface area contributed by atoms with Crippen LogP contribution in [0.4, 0.5) is 0 Å². The van der Waals surface area contributed by atoms with Crippen molar-refractivity contribution in [2.24, 2.45) is 0 Å².